The Morgan fingerprint density at radius 1 is 1.11 bits per heavy atom. The molecule has 0 saturated carbocycles. The van der Waals surface area contributed by atoms with Gasteiger partial charge in [-0.3, -0.25) is 4.79 Å². The maximum Gasteiger partial charge on any atom is 0.326 e. The average molecular weight is 375 g/mol. The second-order valence-electron chi connectivity index (χ2n) is 7.56. The summed E-state index contributed by atoms with van der Waals surface area (Å²) < 4.78 is 7.25. The van der Waals surface area contributed by atoms with Crippen molar-refractivity contribution in [3.05, 3.63) is 48.8 Å². The molecule has 142 valence electrons. The molecule has 7 heteroatoms. The first-order valence-corrected chi connectivity index (χ1v) is 9.00. The number of carbonyl (C=O) groups excluding carboxylic acids is 1. The number of hydrogen-bond donors (Lipinski definition) is 1. The fraction of sp³-hybridized carbons (Fsp3) is 0.238. The minimum Gasteiger partial charge on any atom is -0.459 e. The first-order valence-electron chi connectivity index (χ1n) is 9.00. The molecule has 0 radical (unpaired) electrons. The number of esters is 1. The molecule has 0 bridgehead atoms. The van der Waals surface area contributed by atoms with Gasteiger partial charge in [0.2, 0.25) is 0 Å². The van der Waals surface area contributed by atoms with Crippen LogP contribution in [0.15, 0.2) is 48.8 Å². The Hall–Kier alpha value is -3.48. The van der Waals surface area contributed by atoms with Crippen molar-refractivity contribution in [1.82, 2.24) is 19.5 Å². The van der Waals surface area contributed by atoms with Gasteiger partial charge in [0, 0.05) is 5.56 Å². The van der Waals surface area contributed by atoms with E-state index in [1.165, 1.54) is 6.33 Å². The normalized spacial score (nSPS) is 11.8. The molecule has 0 amide bonds. The van der Waals surface area contributed by atoms with Crippen LogP contribution in [0.25, 0.3) is 33.3 Å². The zero-order valence-corrected chi connectivity index (χ0v) is 16.0. The Bertz CT molecular complexity index is 1180. The summed E-state index contributed by atoms with van der Waals surface area (Å²) in [5.74, 6) is -0.0220. The first-order chi connectivity index (χ1) is 13.3. The van der Waals surface area contributed by atoms with E-state index in [4.69, 9.17) is 15.5 Å². The van der Waals surface area contributed by atoms with Gasteiger partial charge in [-0.2, -0.15) is 0 Å². The van der Waals surface area contributed by atoms with Crippen LogP contribution in [0.5, 0.6) is 0 Å². The zero-order valence-electron chi connectivity index (χ0n) is 16.0. The van der Waals surface area contributed by atoms with Crippen LogP contribution in [0.3, 0.4) is 0 Å². The first kappa shape index (κ1) is 17.9. The Morgan fingerprint density at radius 3 is 2.57 bits per heavy atom. The van der Waals surface area contributed by atoms with Gasteiger partial charge in [-0.25, -0.2) is 15.0 Å². The molecular formula is C21H21N5O2. The molecule has 0 aliphatic carbocycles. The van der Waals surface area contributed by atoms with Crippen LogP contribution < -0.4 is 5.73 Å². The standard InChI is InChI=1S/C21H21N5O2/c1-21(2,3)28-16(27)11-26-15-10-9-14(13-7-5-4-6-8-13)25-18(15)17-19(22)23-12-24-20(17)26/h4-10,12H,11H2,1-3H3,(H2,22,23,24). The van der Waals surface area contributed by atoms with Gasteiger partial charge in [-0.15, -0.1) is 0 Å². The highest BCUT2D eigenvalue weighted by atomic mass is 16.6. The lowest BCUT2D eigenvalue weighted by atomic mass is 10.1. The van der Waals surface area contributed by atoms with E-state index < -0.39 is 5.60 Å². The number of ether oxygens (including phenoxy) is 1. The van der Waals surface area contributed by atoms with Crippen LogP contribution in [0.2, 0.25) is 0 Å². The highest BCUT2D eigenvalue weighted by molar-refractivity contribution is 6.10. The van der Waals surface area contributed by atoms with Crippen molar-refractivity contribution in [2.45, 2.75) is 32.9 Å². The number of aromatic nitrogens is 4. The number of nitrogen functional groups attached to an aromatic ring is 1. The van der Waals surface area contributed by atoms with Crippen LogP contribution in [0, 0.1) is 0 Å². The fourth-order valence-corrected chi connectivity index (χ4v) is 3.22. The summed E-state index contributed by atoms with van der Waals surface area (Å²) in [4.78, 5) is 25.7. The van der Waals surface area contributed by atoms with E-state index in [9.17, 15) is 4.79 Å². The third-order valence-electron chi connectivity index (χ3n) is 4.29. The van der Waals surface area contributed by atoms with Crippen LogP contribution >= 0.6 is 0 Å². The number of benzene rings is 1. The number of anilines is 1. The van der Waals surface area contributed by atoms with Gasteiger partial charge in [0.05, 0.1) is 16.6 Å². The zero-order chi connectivity index (χ0) is 19.9. The lowest BCUT2D eigenvalue weighted by molar-refractivity contribution is -0.155. The van der Waals surface area contributed by atoms with Crippen molar-refractivity contribution >= 4 is 33.9 Å². The highest BCUT2D eigenvalue weighted by Crippen LogP contribution is 2.31. The molecule has 2 N–H and O–H groups in total. The van der Waals surface area contributed by atoms with Gasteiger partial charge < -0.3 is 15.0 Å². The van der Waals surface area contributed by atoms with E-state index >= 15 is 0 Å². The molecule has 0 unspecified atom stereocenters. The summed E-state index contributed by atoms with van der Waals surface area (Å²) in [5, 5.41) is 0.638. The maximum atomic E-state index is 12.4. The van der Waals surface area contributed by atoms with Crippen LogP contribution in [-0.4, -0.2) is 31.1 Å². The molecular weight excluding hydrogens is 354 g/mol. The van der Waals surface area contributed by atoms with Gasteiger partial charge in [0.1, 0.15) is 35.5 Å². The summed E-state index contributed by atoms with van der Waals surface area (Å²) in [7, 11) is 0. The maximum absolute atomic E-state index is 12.4. The number of nitrogens with two attached hydrogens (primary N) is 1. The lowest BCUT2D eigenvalue weighted by Crippen LogP contribution is -2.26. The Morgan fingerprint density at radius 2 is 1.86 bits per heavy atom. The van der Waals surface area contributed by atoms with Gasteiger partial charge in [-0.05, 0) is 32.9 Å². The molecule has 0 aliphatic heterocycles. The third kappa shape index (κ3) is 3.26. The van der Waals surface area contributed by atoms with Gasteiger partial charge >= 0.3 is 5.97 Å². The number of fused-ring (bicyclic) bond motifs is 3. The minimum absolute atomic E-state index is 0.0140. The molecule has 1 aromatic carbocycles. The van der Waals surface area contributed by atoms with E-state index in [0.29, 0.717) is 22.4 Å². The molecule has 0 aliphatic rings. The minimum atomic E-state index is -0.567. The molecule has 0 spiro atoms. The summed E-state index contributed by atoms with van der Waals surface area (Å²) in [6.07, 6.45) is 1.39. The predicted octanol–water partition coefficient (Wildman–Crippen LogP) is 3.57. The highest BCUT2D eigenvalue weighted by Gasteiger charge is 2.22. The fourth-order valence-electron chi connectivity index (χ4n) is 3.22. The average Bonchev–Trinajstić information content (AvgIpc) is 2.95. The number of carbonyl (C=O) groups is 1. The molecule has 28 heavy (non-hydrogen) atoms. The second kappa shape index (κ2) is 6.60. The molecule has 3 heterocycles. The smallest absolute Gasteiger partial charge is 0.326 e. The monoisotopic (exact) mass is 375 g/mol. The SMILES string of the molecule is CC(C)(C)OC(=O)Cn1c2ccc(-c3ccccc3)nc2c2c(N)ncnc21. The topological polar surface area (TPSA) is 95.9 Å². The van der Waals surface area contributed by atoms with Crippen molar-refractivity contribution in [3.8, 4) is 11.3 Å². The largest absolute Gasteiger partial charge is 0.459 e. The molecule has 0 fully saturated rings. The van der Waals surface area contributed by atoms with Crippen molar-refractivity contribution in [2.75, 3.05) is 5.73 Å². The van der Waals surface area contributed by atoms with Crippen LogP contribution in [-0.2, 0) is 16.1 Å². The van der Waals surface area contributed by atoms with Crippen molar-refractivity contribution in [1.29, 1.82) is 0 Å². The van der Waals surface area contributed by atoms with E-state index in [1.54, 1.807) is 4.57 Å². The van der Waals surface area contributed by atoms with E-state index in [0.717, 1.165) is 16.8 Å². The van der Waals surface area contributed by atoms with Crippen molar-refractivity contribution in [2.24, 2.45) is 0 Å². The molecule has 4 rings (SSSR count). The second-order valence-corrected chi connectivity index (χ2v) is 7.56. The van der Waals surface area contributed by atoms with E-state index in [2.05, 4.69) is 9.97 Å². The number of rotatable bonds is 3. The summed E-state index contributed by atoms with van der Waals surface area (Å²) in [6.45, 7) is 5.53. The Kier molecular flexibility index (Phi) is 4.22. The van der Waals surface area contributed by atoms with E-state index in [-0.39, 0.29) is 12.5 Å². The van der Waals surface area contributed by atoms with Gasteiger partial charge in [0.25, 0.3) is 0 Å². The summed E-state index contributed by atoms with van der Waals surface area (Å²) in [5.41, 5.74) is 9.36. The molecule has 7 nitrogen and oxygen atoms in total. The van der Waals surface area contributed by atoms with Gasteiger partial charge in [0.15, 0.2) is 0 Å². The quantitative estimate of drug-likeness (QED) is 0.550. The van der Waals surface area contributed by atoms with Gasteiger partial charge in [-0.1, -0.05) is 30.3 Å². The predicted molar refractivity (Wildman–Crippen MR) is 109 cm³/mol. The number of nitrogens with zero attached hydrogens (tertiary/aromatic N) is 4. The number of pyridine rings is 1. The Labute approximate surface area is 162 Å². The number of hydrogen-bond acceptors (Lipinski definition) is 6. The van der Waals surface area contributed by atoms with Crippen LogP contribution in [0.1, 0.15) is 20.8 Å². The van der Waals surface area contributed by atoms with Crippen molar-refractivity contribution < 1.29 is 9.53 Å². The molecule has 4 aromatic rings. The summed E-state index contributed by atoms with van der Waals surface area (Å²) >= 11 is 0. The Balaban J connectivity index is 1.90. The summed E-state index contributed by atoms with van der Waals surface area (Å²) in [6, 6.07) is 13.7. The molecule has 3 aromatic heterocycles. The third-order valence-corrected chi connectivity index (χ3v) is 4.29. The van der Waals surface area contributed by atoms with E-state index in [1.807, 2.05) is 63.2 Å². The lowest BCUT2D eigenvalue weighted by Gasteiger charge is -2.19. The van der Waals surface area contributed by atoms with Crippen molar-refractivity contribution in [3.63, 3.8) is 0 Å². The van der Waals surface area contributed by atoms with Crippen LogP contribution in [0.4, 0.5) is 5.82 Å². The molecule has 0 saturated heterocycles. The molecule has 0 atom stereocenters.